The van der Waals surface area contributed by atoms with Crippen molar-refractivity contribution in [3.05, 3.63) is 27.7 Å². The highest BCUT2D eigenvalue weighted by Crippen LogP contribution is 2.32. The average Bonchev–Trinajstić information content (AvgIpc) is 2.23. The third-order valence-corrected chi connectivity index (χ3v) is 3.01. The minimum Gasteiger partial charge on any atom is -0.506 e. The Labute approximate surface area is 123 Å². The number of nitrogens with zero attached hydrogens (tertiary/aromatic N) is 1. The fraction of sp³-hybridized carbons (Fsp3) is 0.462. The molecule has 0 fully saturated rings. The van der Waals surface area contributed by atoms with Gasteiger partial charge in [-0.15, -0.1) is 0 Å². The summed E-state index contributed by atoms with van der Waals surface area (Å²) in [6, 6.07) is 3.11. The number of benzene rings is 1. The van der Waals surface area contributed by atoms with E-state index in [-0.39, 0.29) is 17.3 Å². The first kappa shape index (κ1) is 16.1. The highest BCUT2D eigenvalue weighted by atomic mass is 35.5. The van der Waals surface area contributed by atoms with Gasteiger partial charge in [0, 0.05) is 23.7 Å². The summed E-state index contributed by atoms with van der Waals surface area (Å²) in [4.78, 5) is 12.9. The quantitative estimate of drug-likeness (QED) is 0.849. The van der Waals surface area contributed by atoms with Crippen molar-refractivity contribution >= 4 is 29.1 Å². The van der Waals surface area contributed by atoms with E-state index < -0.39 is 5.91 Å². The van der Waals surface area contributed by atoms with Crippen LogP contribution in [0, 0.1) is 5.92 Å². The van der Waals surface area contributed by atoms with E-state index in [9.17, 15) is 9.90 Å². The Balaban J connectivity index is 2.92. The van der Waals surface area contributed by atoms with Crippen LogP contribution in [0.5, 0.6) is 5.75 Å². The maximum atomic E-state index is 11.1. The lowest BCUT2D eigenvalue weighted by Gasteiger charge is -2.23. The molecule has 1 aromatic carbocycles. The molecule has 0 saturated heterocycles. The van der Waals surface area contributed by atoms with Gasteiger partial charge in [0.1, 0.15) is 5.75 Å². The van der Waals surface area contributed by atoms with Crippen LogP contribution in [0.1, 0.15) is 19.4 Å². The van der Waals surface area contributed by atoms with E-state index in [0.717, 1.165) is 0 Å². The zero-order valence-electron chi connectivity index (χ0n) is 11.0. The number of phenolic OH excluding ortho intramolecular Hbond substituents is 1. The number of phenols is 1. The number of primary amides is 1. The molecule has 0 aliphatic rings. The van der Waals surface area contributed by atoms with Gasteiger partial charge >= 0.3 is 0 Å². The van der Waals surface area contributed by atoms with Gasteiger partial charge in [0.2, 0.25) is 5.91 Å². The van der Waals surface area contributed by atoms with Crippen LogP contribution in [0.2, 0.25) is 10.0 Å². The van der Waals surface area contributed by atoms with Crippen molar-refractivity contribution in [2.45, 2.75) is 20.4 Å². The molecule has 0 unspecified atom stereocenters. The first-order valence-corrected chi connectivity index (χ1v) is 6.72. The van der Waals surface area contributed by atoms with Crippen LogP contribution in [0.25, 0.3) is 0 Å². The van der Waals surface area contributed by atoms with E-state index in [2.05, 4.69) is 0 Å². The van der Waals surface area contributed by atoms with Crippen LogP contribution in [0.3, 0.4) is 0 Å². The van der Waals surface area contributed by atoms with E-state index in [4.69, 9.17) is 28.9 Å². The summed E-state index contributed by atoms with van der Waals surface area (Å²) in [5.74, 6) is -0.0475. The van der Waals surface area contributed by atoms with E-state index in [1.165, 1.54) is 6.07 Å². The van der Waals surface area contributed by atoms with Crippen LogP contribution in [-0.4, -0.2) is 29.0 Å². The predicted octanol–water partition coefficient (Wildman–Crippen LogP) is 2.64. The van der Waals surface area contributed by atoms with Crippen LogP contribution in [0.4, 0.5) is 0 Å². The molecular weight excluding hydrogens is 287 g/mol. The molecule has 0 bridgehead atoms. The Kier molecular flexibility index (Phi) is 5.91. The standard InChI is InChI=1S/C13H18Cl2N2O2/c1-8(2)5-17(7-12(16)18)6-9-3-10(14)4-11(15)13(9)19/h3-4,8,19H,5-7H2,1-2H3,(H2,16,18). The molecule has 0 heterocycles. The number of aromatic hydroxyl groups is 1. The smallest absolute Gasteiger partial charge is 0.231 e. The third kappa shape index (κ3) is 5.27. The second-order valence-electron chi connectivity index (χ2n) is 4.93. The number of hydrogen-bond acceptors (Lipinski definition) is 3. The van der Waals surface area contributed by atoms with Gasteiger partial charge in [0.25, 0.3) is 0 Å². The maximum Gasteiger partial charge on any atom is 0.231 e. The molecular formula is C13H18Cl2N2O2. The molecule has 19 heavy (non-hydrogen) atoms. The molecule has 106 valence electrons. The van der Waals surface area contributed by atoms with Crippen molar-refractivity contribution in [1.82, 2.24) is 4.90 Å². The Hall–Kier alpha value is -0.970. The van der Waals surface area contributed by atoms with E-state index in [1.807, 2.05) is 18.7 Å². The fourth-order valence-corrected chi connectivity index (χ4v) is 2.44. The Morgan fingerprint density at radius 2 is 2.05 bits per heavy atom. The molecule has 0 aromatic heterocycles. The number of carbonyl (C=O) groups excluding carboxylic acids is 1. The van der Waals surface area contributed by atoms with Crippen molar-refractivity contribution in [3.8, 4) is 5.75 Å². The third-order valence-electron chi connectivity index (χ3n) is 2.50. The van der Waals surface area contributed by atoms with Gasteiger partial charge in [-0.1, -0.05) is 37.0 Å². The number of halogens is 2. The summed E-state index contributed by atoms with van der Waals surface area (Å²) in [6.45, 7) is 5.26. The number of carbonyl (C=O) groups is 1. The van der Waals surface area contributed by atoms with Gasteiger partial charge in [-0.3, -0.25) is 9.69 Å². The summed E-state index contributed by atoms with van der Waals surface area (Å²) >= 11 is 11.8. The van der Waals surface area contributed by atoms with Crippen LogP contribution in [-0.2, 0) is 11.3 Å². The highest BCUT2D eigenvalue weighted by Gasteiger charge is 2.15. The molecule has 0 aliphatic heterocycles. The van der Waals surface area contributed by atoms with Crippen molar-refractivity contribution in [2.24, 2.45) is 11.7 Å². The van der Waals surface area contributed by atoms with Gasteiger partial charge in [0.15, 0.2) is 0 Å². The Morgan fingerprint density at radius 1 is 1.42 bits per heavy atom. The molecule has 6 heteroatoms. The largest absolute Gasteiger partial charge is 0.506 e. The topological polar surface area (TPSA) is 66.6 Å². The lowest BCUT2D eigenvalue weighted by molar-refractivity contribution is -0.119. The molecule has 3 N–H and O–H groups in total. The SMILES string of the molecule is CC(C)CN(CC(N)=O)Cc1cc(Cl)cc(Cl)c1O. The highest BCUT2D eigenvalue weighted by molar-refractivity contribution is 6.35. The minimum absolute atomic E-state index is 0.00991. The summed E-state index contributed by atoms with van der Waals surface area (Å²) < 4.78 is 0. The first-order chi connectivity index (χ1) is 8.79. The second kappa shape index (κ2) is 6.98. The molecule has 0 radical (unpaired) electrons. The Morgan fingerprint density at radius 3 is 2.58 bits per heavy atom. The summed E-state index contributed by atoms with van der Waals surface area (Å²) in [6.07, 6.45) is 0. The molecule has 0 saturated carbocycles. The number of amides is 1. The van der Waals surface area contributed by atoms with Gasteiger partial charge in [0.05, 0.1) is 11.6 Å². The number of hydrogen-bond donors (Lipinski definition) is 2. The molecule has 1 rings (SSSR count). The summed E-state index contributed by atoms with van der Waals surface area (Å²) in [7, 11) is 0. The van der Waals surface area contributed by atoms with Gasteiger partial charge in [-0.05, 0) is 18.1 Å². The molecule has 0 spiro atoms. The van der Waals surface area contributed by atoms with Crippen molar-refractivity contribution in [3.63, 3.8) is 0 Å². The monoisotopic (exact) mass is 304 g/mol. The molecule has 0 aliphatic carbocycles. The maximum absolute atomic E-state index is 11.1. The van der Waals surface area contributed by atoms with Crippen LogP contribution in [0.15, 0.2) is 12.1 Å². The lowest BCUT2D eigenvalue weighted by Crippen LogP contribution is -2.35. The lowest BCUT2D eigenvalue weighted by atomic mass is 10.1. The minimum atomic E-state index is -0.409. The number of nitrogens with two attached hydrogens (primary N) is 1. The average molecular weight is 305 g/mol. The molecule has 0 atom stereocenters. The van der Waals surface area contributed by atoms with Gasteiger partial charge in [-0.25, -0.2) is 0 Å². The molecule has 4 nitrogen and oxygen atoms in total. The van der Waals surface area contributed by atoms with Crippen LogP contribution >= 0.6 is 23.2 Å². The van der Waals surface area contributed by atoms with E-state index >= 15 is 0 Å². The molecule has 1 aromatic rings. The second-order valence-corrected chi connectivity index (χ2v) is 5.77. The zero-order valence-corrected chi connectivity index (χ0v) is 12.5. The van der Waals surface area contributed by atoms with Crippen molar-refractivity contribution in [1.29, 1.82) is 0 Å². The predicted molar refractivity (Wildman–Crippen MR) is 77.4 cm³/mol. The normalized spacial score (nSPS) is 11.3. The Bertz CT molecular complexity index is 464. The van der Waals surface area contributed by atoms with Gasteiger partial charge < -0.3 is 10.8 Å². The summed E-state index contributed by atoms with van der Waals surface area (Å²) in [5, 5.41) is 10.6. The van der Waals surface area contributed by atoms with Crippen molar-refractivity contribution < 1.29 is 9.90 Å². The van der Waals surface area contributed by atoms with Crippen molar-refractivity contribution in [2.75, 3.05) is 13.1 Å². The zero-order chi connectivity index (χ0) is 14.6. The molecule has 1 amide bonds. The fourth-order valence-electron chi connectivity index (χ4n) is 1.90. The van der Waals surface area contributed by atoms with E-state index in [1.54, 1.807) is 6.07 Å². The van der Waals surface area contributed by atoms with Gasteiger partial charge in [-0.2, -0.15) is 0 Å². The van der Waals surface area contributed by atoms with E-state index in [0.29, 0.717) is 29.6 Å². The first-order valence-electron chi connectivity index (χ1n) is 5.97. The van der Waals surface area contributed by atoms with Crippen LogP contribution < -0.4 is 5.73 Å². The number of rotatable bonds is 6. The summed E-state index contributed by atoms with van der Waals surface area (Å²) in [5.41, 5.74) is 5.81.